The van der Waals surface area contributed by atoms with Crippen molar-refractivity contribution in [3.8, 4) is 0 Å². The lowest BCUT2D eigenvalue weighted by molar-refractivity contribution is -0.144. The van der Waals surface area contributed by atoms with Crippen molar-refractivity contribution in [3.63, 3.8) is 0 Å². The van der Waals surface area contributed by atoms with E-state index in [0.29, 0.717) is 12.8 Å². The number of benzene rings is 1. The lowest BCUT2D eigenvalue weighted by Crippen LogP contribution is -2.31. The van der Waals surface area contributed by atoms with E-state index in [0.717, 1.165) is 16.7 Å². The second-order valence-corrected chi connectivity index (χ2v) is 5.25. The molecule has 1 aliphatic carbocycles. The van der Waals surface area contributed by atoms with E-state index in [1.807, 2.05) is 20.8 Å². The summed E-state index contributed by atoms with van der Waals surface area (Å²) < 4.78 is 0. The Morgan fingerprint density at radius 3 is 2.12 bits per heavy atom. The summed E-state index contributed by atoms with van der Waals surface area (Å²) in [6, 6.07) is 3.75. The molecule has 2 rings (SSSR count). The third-order valence-electron chi connectivity index (χ3n) is 3.86. The smallest absolute Gasteiger partial charge is 0.311 e. The van der Waals surface area contributed by atoms with Crippen LogP contribution in [0.25, 0.3) is 0 Å². The average Bonchev–Trinajstić information content (AvgIpc) is 2.95. The molecule has 17 heavy (non-hydrogen) atoms. The van der Waals surface area contributed by atoms with Gasteiger partial charge in [0, 0.05) is 6.04 Å². The second kappa shape index (κ2) is 3.84. The molecule has 0 saturated heterocycles. The summed E-state index contributed by atoms with van der Waals surface area (Å²) in [6.45, 7) is 6.06. The van der Waals surface area contributed by atoms with Gasteiger partial charge in [0.25, 0.3) is 0 Å². The van der Waals surface area contributed by atoms with Gasteiger partial charge in [-0.15, -0.1) is 0 Å². The maximum atomic E-state index is 11.3. The van der Waals surface area contributed by atoms with Crippen LogP contribution in [-0.2, 0) is 4.79 Å². The standard InChI is InChI=1S/C14H19NO2/c1-8-6-9(2)11(10(3)7-8)12(15)14(4-5-14)13(16)17/h6-7,12H,4-5,15H2,1-3H3,(H,16,17). The van der Waals surface area contributed by atoms with Gasteiger partial charge in [-0.2, -0.15) is 0 Å². The zero-order valence-corrected chi connectivity index (χ0v) is 10.6. The lowest BCUT2D eigenvalue weighted by Gasteiger charge is -2.23. The fraction of sp³-hybridized carbons (Fsp3) is 0.500. The number of nitrogens with two attached hydrogens (primary N) is 1. The summed E-state index contributed by atoms with van der Waals surface area (Å²) >= 11 is 0. The lowest BCUT2D eigenvalue weighted by atomic mass is 9.85. The Balaban J connectivity index is 2.45. The summed E-state index contributed by atoms with van der Waals surface area (Å²) in [5, 5.41) is 9.29. The second-order valence-electron chi connectivity index (χ2n) is 5.25. The highest BCUT2D eigenvalue weighted by molar-refractivity contribution is 5.79. The molecule has 3 nitrogen and oxygen atoms in total. The molecule has 1 fully saturated rings. The first-order valence-corrected chi connectivity index (χ1v) is 5.95. The Morgan fingerprint density at radius 1 is 1.29 bits per heavy atom. The number of carboxylic acids is 1. The minimum absolute atomic E-state index is 0.388. The maximum absolute atomic E-state index is 11.3. The van der Waals surface area contributed by atoms with E-state index in [9.17, 15) is 9.90 Å². The van der Waals surface area contributed by atoms with E-state index in [4.69, 9.17) is 5.73 Å². The number of hydrogen-bond donors (Lipinski definition) is 2. The molecule has 3 heteroatoms. The molecule has 1 unspecified atom stereocenters. The molecule has 3 N–H and O–H groups in total. The van der Waals surface area contributed by atoms with Gasteiger partial charge in [0.2, 0.25) is 0 Å². The van der Waals surface area contributed by atoms with Gasteiger partial charge < -0.3 is 10.8 Å². The highest BCUT2D eigenvalue weighted by atomic mass is 16.4. The van der Waals surface area contributed by atoms with Gasteiger partial charge in [-0.1, -0.05) is 17.7 Å². The first kappa shape index (κ1) is 12.1. The van der Waals surface area contributed by atoms with Gasteiger partial charge >= 0.3 is 5.97 Å². The van der Waals surface area contributed by atoms with Crippen LogP contribution in [0.3, 0.4) is 0 Å². The summed E-state index contributed by atoms with van der Waals surface area (Å²) in [5.41, 5.74) is 9.89. The quantitative estimate of drug-likeness (QED) is 0.843. The number of hydrogen-bond acceptors (Lipinski definition) is 2. The van der Waals surface area contributed by atoms with Crippen molar-refractivity contribution >= 4 is 5.97 Å². The summed E-state index contributed by atoms with van der Waals surface area (Å²) in [4.78, 5) is 11.3. The third-order valence-corrected chi connectivity index (χ3v) is 3.86. The SMILES string of the molecule is Cc1cc(C)c(C(N)C2(C(=O)O)CC2)c(C)c1. The average molecular weight is 233 g/mol. The summed E-state index contributed by atoms with van der Waals surface area (Å²) in [5.74, 6) is -0.760. The Morgan fingerprint density at radius 2 is 1.76 bits per heavy atom. The predicted molar refractivity (Wildman–Crippen MR) is 66.9 cm³/mol. The molecular formula is C14H19NO2. The maximum Gasteiger partial charge on any atom is 0.311 e. The molecular weight excluding hydrogens is 214 g/mol. The summed E-state index contributed by atoms with van der Waals surface area (Å²) in [6.07, 6.45) is 1.38. The van der Waals surface area contributed by atoms with Crippen molar-refractivity contribution in [1.29, 1.82) is 0 Å². The van der Waals surface area contributed by atoms with Crippen LogP contribution in [0.5, 0.6) is 0 Å². The van der Waals surface area contributed by atoms with Crippen molar-refractivity contribution < 1.29 is 9.90 Å². The zero-order chi connectivity index (χ0) is 12.8. The van der Waals surface area contributed by atoms with Gasteiger partial charge in [-0.05, 0) is 50.3 Å². The molecule has 0 radical (unpaired) electrons. The molecule has 0 bridgehead atoms. The van der Waals surface area contributed by atoms with E-state index in [1.54, 1.807) is 0 Å². The number of aliphatic carboxylic acids is 1. The number of carbonyl (C=O) groups is 1. The van der Waals surface area contributed by atoms with E-state index >= 15 is 0 Å². The van der Waals surface area contributed by atoms with Crippen molar-refractivity contribution in [2.75, 3.05) is 0 Å². The van der Waals surface area contributed by atoms with Crippen molar-refractivity contribution in [2.45, 2.75) is 39.7 Å². The minimum Gasteiger partial charge on any atom is -0.481 e. The van der Waals surface area contributed by atoms with Crippen LogP contribution >= 0.6 is 0 Å². The molecule has 0 heterocycles. The van der Waals surface area contributed by atoms with E-state index < -0.39 is 11.4 Å². The first-order valence-electron chi connectivity index (χ1n) is 5.95. The minimum atomic E-state index is -0.760. The molecule has 1 saturated carbocycles. The van der Waals surface area contributed by atoms with E-state index in [1.165, 1.54) is 5.56 Å². The highest BCUT2D eigenvalue weighted by Crippen LogP contribution is 2.54. The number of aryl methyl sites for hydroxylation is 3. The van der Waals surface area contributed by atoms with Crippen LogP contribution < -0.4 is 5.73 Å². The Kier molecular flexibility index (Phi) is 2.74. The number of rotatable bonds is 3. The molecule has 0 amide bonds. The largest absolute Gasteiger partial charge is 0.481 e. The molecule has 0 spiro atoms. The molecule has 1 aromatic carbocycles. The molecule has 1 aromatic rings. The molecule has 0 aliphatic heterocycles. The van der Waals surface area contributed by atoms with Crippen LogP contribution in [0, 0.1) is 26.2 Å². The Hall–Kier alpha value is -1.35. The van der Waals surface area contributed by atoms with Gasteiger partial charge in [0.15, 0.2) is 0 Å². The van der Waals surface area contributed by atoms with Crippen LogP contribution in [0.2, 0.25) is 0 Å². The predicted octanol–water partition coefficient (Wildman–Crippen LogP) is 2.48. The van der Waals surface area contributed by atoms with Crippen molar-refractivity contribution in [1.82, 2.24) is 0 Å². The topological polar surface area (TPSA) is 63.3 Å². The van der Waals surface area contributed by atoms with Crippen LogP contribution in [-0.4, -0.2) is 11.1 Å². The van der Waals surface area contributed by atoms with E-state index in [2.05, 4.69) is 12.1 Å². The number of carboxylic acid groups (broad SMARTS) is 1. The fourth-order valence-corrected chi connectivity index (χ4v) is 2.75. The zero-order valence-electron chi connectivity index (χ0n) is 10.6. The van der Waals surface area contributed by atoms with Crippen molar-refractivity contribution in [3.05, 3.63) is 34.4 Å². The van der Waals surface area contributed by atoms with Crippen molar-refractivity contribution in [2.24, 2.45) is 11.1 Å². The molecule has 92 valence electrons. The van der Waals surface area contributed by atoms with Gasteiger partial charge in [0.1, 0.15) is 0 Å². The summed E-state index contributed by atoms with van der Waals surface area (Å²) in [7, 11) is 0. The van der Waals surface area contributed by atoms with Crippen LogP contribution in [0.4, 0.5) is 0 Å². The van der Waals surface area contributed by atoms with Crippen LogP contribution in [0.15, 0.2) is 12.1 Å². The third kappa shape index (κ3) is 1.84. The Bertz CT molecular complexity index is 452. The molecule has 0 aromatic heterocycles. The first-order chi connectivity index (χ1) is 7.88. The van der Waals surface area contributed by atoms with Gasteiger partial charge in [0.05, 0.1) is 5.41 Å². The van der Waals surface area contributed by atoms with Gasteiger partial charge in [-0.25, -0.2) is 0 Å². The van der Waals surface area contributed by atoms with Gasteiger partial charge in [-0.3, -0.25) is 4.79 Å². The monoisotopic (exact) mass is 233 g/mol. The van der Waals surface area contributed by atoms with E-state index in [-0.39, 0.29) is 6.04 Å². The molecule has 1 atom stereocenters. The van der Waals surface area contributed by atoms with Crippen LogP contribution in [0.1, 0.15) is 41.1 Å². The normalized spacial score (nSPS) is 18.8. The highest BCUT2D eigenvalue weighted by Gasteiger charge is 2.55. The Labute approximate surface area is 102 Å². The molecule has 1 aliphatic rings. The fourth-order valence-electron chi connectivity index (χ4n) is 2.75.